The highest BCUT2D eigenvalue weighted by Crippen LogP contribution is 2.33. The molecule has 2 unspecified atom stereocenters. The van der Waals surface area contributed by atoms with Crippen molar-refractivity contribution in [3.05, 3.63) is 32.8 Å². The van der Waals surface area contributed by atoms with Crippen molar-refractivity contribution in [1.29, 1.82) is 0 Å². The van der Waals surface area contributed by atoms with Crippen molar-refractivity contribution in [2.45, 2.75) is 37.6 Å². The Labute approximate surface area is 152 Å². The molecule has 1 saturated heterocycles. The molecule has 7 nitrogen and oxygen atoms in total. The largest absolute Gasteiger partial charge is 0.329 e. The summed E-state index contributed by atoms with van der Waals surface area (Å²) >= 11 is 5.99. The van der Waals surface area contributed by atoms with Gasteiger partial charge in [0.05, 0.1) is 14.8 Å². The van der Waals surface area contributed by atoms with E-state index in [1.807, 2.05) is 6.92 Å². The van der Waals surface area contributed by atoms with Gasteiger partial charge >= 0.3 is 0 Å². The fourth-order valence-electron chi connectivity index (χ4n) is 2.97. The SMILES string of the molecule is Cc1c(Cl)cc(S(=O)(=O)N2CCCC(C)C2CN)cc1[N+](=O)[O-].Cl. The van der Waals surface area contributed by atoms with E-state index in [2.05, 4.69) is 0 Å². The number of rotatable bonds is 4. The van der Waals surface area contributed by atoms with Crippen molar-refractivity contribution < 1.29 is 13.3 Å². The van der Waals surface area contributed by atoms with Crippen LogP contribution in [0.4, 0.5) is 5.69 Å². The number of piperidine rings is 1. The van der Waals surface area contributed by atoms with Gasteiger partial charge in [-0.25, -0.2) is 8.42 Å². The minimum atomic E-state index is -3.89. The summed E-state index contributed by atoms with van der Waals surface area (Å²) in [7, 11) is -3.89. The standard InChI is InChI=1S/C14H20ClN3O4S.ClH/c1-9-4-3-5-17(14(9)8-16)23(21,22)11-6-12(15)10(2)13(7-11)18(19)20;/h6-7,9,14H,3-5,8,16H2,1-2H3;1H. The van der Waals surface area contributed by atoms with Crippen LogP contribution in [0, 0.1) is 23.0 Å². The fourth-order valence-corrected chi connectivity index (χ4v) is 5.07. The molecule has 0 aliphatic carbocycles. The van der Waals surface area contributed by atoms with E-state index in [4.69, 9.17) is 17.3 Å². The highest BCUT2D eigenvalue weighted by Gasteiger charge is 2.37. The monoisotopic (exact) mass is 397 g/mol. The first kappa shape index (κ1) is 21.1. The van der Waals surface area contributed by atoms with Crippen molar-refractivity contribution in [1.82, 2.24) is 4.31 Å². The first-order valence-electron chi connectivity index (χ1n) is 7.36. The van der Waals surface area contributed by atoms with Crippen LogP contribution in [-0.4, -0.2) is 36.8 Å². The molecule has 2 N–H and O–H groups in total. The lowest BCUT2D eigenvalue weighted by Crippen LogP contribution is -2.51. The number of benzene rings is 1. The average Bonchev–Trinajstić information content (AvgIpc) is 2.49. The van der Waals surface area contributed by atoms with E-state index in [1.54, 1.807) is 0 Å². The predicted octanol–water partition coefficient (Wildman–Crippen LogP) is 2.73. The van der Waals surface area contributed by atoms with Crippen LogP contribution in [0.25, 0.3) is 0 Å². The van der Waals surface area contributed by atoms with Gasteiger partial charge in [0.15, 0.2) is 0 Å². The maximum absolute atomic E-state index is 12.9. The van der Waals surface area contributed by atoms with E-state index in [0.717, 1.165) is 18.9 Å². The number of nitrogens with zero attached hydrogens (tertiary/aromatic N) is 2. The number of sulfonamides is 1. The Morgan fingerprint density at radius 2 is 2.08 bits per heavy atom. The van der Waals surface area contributed by atoms with Crippen LogP contribution in [0.15, 0.2) is 17.0 Å². The van der Waals surface area contributed by atoms with E-state index in [0.29, 0.717) is 6.54 Å². The molecule has 1 aliphatic heterocycles. The molecule has 0 aromatic heterocycles. The molecule has 1 fully saturated rings. The Kier molecular flexibility index (Phi) is 7.01. The molecule has 1 aromatic rings. The molecule has 136 valence electrons. The molecule has 0 spiro atoms. The van der Waals surface area contributed by atoms with E-state index in [1.165, 1.54) is 17.3 Å². The van der Waals surface area contributed by atoms with E-state index < -0.39 is 14.9 Å². The number of nitro groups is 1. The van der Waals surface area contributed by atoms with Gasteiger partial charge in [-0.3, -0.25) is 10.1 Å². The lowest BCUT2D eigenvalue weighted by atomic mass is 9.93. The highest BCUT2D eigenvalue weighted by molar-refractivity contribution is 7.89. The quantitative estimate of drug-likeness (QED) is 0.620. The zero-order valence-corrected chi connectivity index (χ0v) is 15.8. The van der Waals surface area contributed by atoms with Crippen LogP contribution >= 0.6 is 24.0 Å². The zero-order chi connectivity index (χ0) is 17.4. The summed E-state index contributed by atoms with van der Waals surface area (Å²) in [6.45, 7) is 4.02. The summed E-state index contributed by atoms with van der Waals surface area (Å²) in [6, 6.07) is 2.03. The van der Waals surface area contributed by atoms with Crippen molar-refractivity contribution in [2.75, 3.05) is 13.1 Å². The van der Waals surface area contributed by atoms with Crippen molar-refractivity contribution >= 4 is 39.7 Å². The second-order valence-corrected chi connectivity index (χ2v) is 8.14. The van der Waals surface area contributed by atoms with Gasteiger partial charge < -0.3 is 5.73 Å². The van der Waals surface area contributed by atoms with Crippen molar-refractivity contribution in [3.8, 4) is 0 Å². The van der Waals surface area contributed by atoms with Crippen LogP contribution in [0.2, 0.25) is 5.02 Å². The van der Waals surface area contributed by atoms with Crippen LogP contribution in [0.3, 0.4) is 0 Å². The van der Waals surface area contributed by atoms with Crippen molar-refractivity contribution in [3.63, 3.8) is 0 Å². The molecule has 2 rings (SSSR count). The summed E-state index contributed by atoms with van der Waals surface area (Å²) in [5.74, 6) is 0.138. The smallest absolute Gasteiger partial charge is 0.275 e. The Balaban J connectivity index is 0.00000288. The Bertz CT molecular complexity index is 727. The normalized spacial score (nSPS) is 22.0. The third-order valence-corrected chi connectivity index (χ3v) is 6.69. The molecule has 0 amide bonds. The molecular weight excluding hydrogens is 377 g/mol. The van der Waals surface area contributed by atoms with Crippen LogP contribution in [-0.2, 0) is 10.0 Å². The van der Waals surface area contributed by atoms with Crippen LogP contribution < -0.4 is 5.73 Å². The predicted molar refractivity (Wildman–Crippen MR) is 95.2 cm³/mol. The molecule has 1 aliphatic rings. The van der Waals surface area contributed by atoms with E-state index in [-0.39, 0.29) is 52.1 Å². The summed E-state index contributed by atoms with van der Waals surface area (Å²) in [5.41, 5.74) is 5.70. The minimum Gasteiger partial charge on any atom is -0.329 e. The van der Waals surface area contributed by atoms with Gasteiger partial charge in [0.25, 0.3) is 5.69 Å². The lowest BCUT2D eigenvalue weighted by Gasteiger charge is -2.38. The molecule has 1 aromatic carbocycles. The third-order valence-electron chi connectivity index (χ3n) is 4.40. The van der Waals surface area contributed by atoms with Gasteiger partial charge in [-0.05, 0) is 31.7 Å². The first-order valence-corrected chi connectivity index (χ1v) is 9.18. The summed E-state index contributed by atoms with van der Waals surface area (Å²) in [6.07, 6.45) is 1.64. The zero-order valence-electron chi connectivity index (χ0n) is 13.4. The molecule has 0 radical (unpaired) electrons. The molecular formula is C14H21Cl2N3O4S. The number of nitro benzene ring substituents is 1. The highest BCUT2D eigenvalue weighted by atomic mass is 35.5. The lowest BCUT2D eigenvalue weighted by molar-refractivity contribution is -0.385. The topological polar surface area (TPSA) is 107 Å². The van der Waals surface area contributed by atoms with Gasteiger partial charge in [0.2, 0.25) is 10.0 Å². The second kappa shape index (κ2) is 7.97. The maximum atomic E-state index is 12.9. The Hall–Kier alpha value is -0.930. The van der Waals surface area contributed by atoms with E-state index in [9.17, 15) is 18.5 Å². The van der Waals surface area contributed by atoms with Gasteiger partial charge in [-0.1, -0.05) is 18.5 Å². The fraction of sp³-hybridized carbons (Fsp3) is 0.571. The van der Waals surface area contributed by atoms with Gasteiger partial charge in [0, 0.05) is 30.8 Å². The molecule has 1 heterocycles. The van der Waals surface area contributed by atoms with Crippen LogP contribution in [0.5, 0.6) is 0 Å². The number of halogens is 2. The second-order valence-electron chi connectivity index (χ2n) is 5.84. The van der Waals surface area contributed by atoms with Gasteiger partial charge in [-0.15, -0.1) is 12.4 Å². The Morgan fingerprint density at radius 1 is 1.46 bits per heavy atom. The first-order chi connectivity index (χ1) is 10.7. The summed E-state index contributed by atoms with van der Waals surface area (Å²) in [5, 5.41) is 11.2. The third kappa shape index (κ3) is 3.83. The maximum Gasteiger partial charge on any atom is 0.275 e. The molecule has 0 bridgehead atoms. The van der Waals surface area contributed by atoms with Gasteiger partial charge in [-0.2, -0.15) is 4.31 Å². The number of nitrogens with two attached hydrogens (primary N) is 1. The molecule has 0 saturated carbocycles. The summed E-state index contributed by atoms with van der Waals surface area (Å²) in [4.78, 5) is 10.3. The molecule has 10 heteroatoms. The van der Waals surface area contributed by atoms with Crippen LogP contribution in [0.1, 0.15) is 25.3 Å². The molecule has 24 heavy (non-hydrogen) atoms. The summed E-state index contributed by atoms with van der Waals surface area (Å²) < 4.78 is 27.2. The number of hydrogen-bond acceptors (Lipinski definition) is 5. The minimum absolute atomic E-state index is 0. The van der Waals surface area contributed by atoms with Gasteiger partial charge in [0.1, 0.15) is 0 Å². The Morgan fingerprint density at radius 3 is 2.62 bits per heavy atom. The van der Waals surface area contributed by atoms with E-state index >= 15 is 0 Å². The average molecular weight is 398 g/mol. The van der Waals surface area contributed by atoms with Crippen molar-refractivity contribution in [2.24, 2.45) is 11.7 Å². The number of hydrogen-bond donors (Lipinski definition) is 1. The molecule has 2 atom stereocenters.